The molecule has 1 fully saturated rings. The van der Waals surface area contributed by atoms with Gasteiger partial charge in [-0.2, -0.15) is 0 Å². The molecule has 0 aromatic carbocycles. The molecule has 1 aromatic rings. The van der Waals surface area contributed by atoms with Crippen LogP contribution in [0.2, 0.25) is 0 Å². The summed E-state index contributed by atoms with van der Waals surface area (Å²) in [5.41, 5.74) is 0. The van der Waals surface area contributed by atoms with E-state index in [2.05, 4.69) is 21.2 Å². The van der Waals surface area contributed by atoms with Gasteiger partial charge in [-0.25, -0.2) is 13.6 Å². The average molecular weight is 295 g/mol. The summed E-state index contributed by atoms with van der Waals surface area (Å²) in [6.45, 7) is 0.527. The van der Waals surface area contributed by atoms with Gasteiger partial charge in [0.2, 0.25) is 10.0 Å². The third kappa shape index (κ3) is 2.81. The molecular formula is C8H11BrN2O3S. The topological polar surface area (TPSA) is 85.3 Å². The maximum atomic E-state index is 11.1. The van der Waals surface area contributed by atoms with Crippen LogP contribution in [0.3, 0.4) is 0 Å². The Morgan fingerprint density at radius 1 is 1.60 bits per heavy atom. The maximum absolute atomic E-state index is 11.1. The lowest BCUT2D eigenvalue weighted by molar-refractivity contribution is 0.460. The highest BCUT2D eigenvalue weighted by atomic mass is 79.9. The predicted octanol–water partition coefficient (Wildman–Crippen LogP) is 0.942. The molecule has 1 aromatic heterocycles. The molecule has 0 unspecified atom stereocenters. The van der Waals surface area contributed by atoms with E-state index in [0.717, 1.165) is 0 Å². The summed E-state index contributed by atoms with van der Waals surface area (Å²) in [6, 6.07) is 1.99. The van der Waals surface area contributed by atoms with Gasteiger partial charge in [-0.05, 0) is 28.8 Å². The summed E-state index contributed by atoms with van der Waals surface area (Å²) < 4.78 is 27.5. The van der Waals surface area contributed by atoms with Gasteiger partial charge >= 0.3 is 0 Å². The van der Waals surface area contributed by atoms with Crippen LogP contribution in [0, 0.1) is 0 Å². The Labute approximate surface area is 96.2 Å². The number of primary sulfonamides is 1. The van der Waals surface area contributed by atoms with E-state index in [1.54, 1.807) is 0 Å². The van der Waals surface area contributed by atoms with Gasteiger partial charge in [-0.15, -0.1) is 0 Å². The molecule has 1 saturated carbocycles. The van der Waals surface area contributed by atoms with Crippen molar-refractivity contribution in [3.05, 3.63) is 16.5 Å². The van der Waals surface area contributed by atoms with Gasteiger partial charge in [0.1, 0.15) is 10.7 Å². The fourth-order valence-electron chi connectivity index (χ4n) is 1.21. The van der Waals surface area contributed by atoms with Crippen LogP contribution in [0.4, 0.5) is 0 Å². The minimum atomic E-state index is -3.70. The molecule has 0 atom stereocenters. The van der Waals surface area contributed by atoms with Gasteiger partial charge < -0.3 is 9.73 Å². The first-order chi connectivity index (χ1) is 6.97. The Morgan fingerprint density at radius 2 is 2.27 bits per heavy atom. The van der Waals surface area contributed by atoms with Crippen molar-refractivity contribution in [2.45, 2.75) is 30.3 Å². The molecule has 0 amide bonds. The Balaban J connectivity index is 2.13. The van der Waals surface area contributed by atoms with Crippen molar-refractivity contribution >= 4 is 26.0 Å². The Kier molecular flexibility index (Phi) is 2.89. The van der Waals surface area contributed by atoms with E-state index < -0.39 is 10.0 Å². The zero-order valence-corrected chi connectivity index (χ0v) is 10.3. The number of furan rings is 1. The summed E-state index contributed by atoms with van der Waals surface area (Å²) >= 11 is 3.02. The quantitative estimate of drug-likeness (QED) is 0.865. The van der Waals surface area contributed by atoms with E-state index >= 15 is 0 Å². The van der Waals surface area contributed by atoms with Gasteiger partial charge in [-0.1, -0.05) is 0 Å². The van der Waals surface area contributed by atoms with Crippen LogP contribution in [0.1, 0.15) is 18.6 Å². The summed E-state index contributed by atoms with van der Waals surface area (Å²) in [5, 5.41) is 8.22. The first-order valence-corrected chi connectivity index (χ1v) is 6.85. The standard InChI is InChI=1S/C8H11BrN2O3S/c9-8-7(15(10,12)13)3-6(14-8)4-11-5-1-2-5/h3,5,11H,1-2,4H2,(H2,10,12,13). The summed E-state index contributed by atoms with van der Waals surface area (Å²) in [5.74, 6) is 0.567. The van der Waals surface area contributed by atoms with Gasteiger partial charge in [0.15, 0.2) is 4.67 Å². The lowest BCUT2D eigenvalue weighted by Gasteiger charge is -1.96. The van der Waals surface area contributed by atoms with Crippen LogP contribution in [0.15, 0.2) is 20.0 Å². The first kappa shape index (κ1) is 11.1. The Hall–Kier alpha value is -0.370. The van der Waals surface area contributed by atoms with Crippen LogP contribution >= 0.6 is 15.9 Å². The molecule has 0 spiro atoms. The van der Waals surface area contributed by atoms with Crippen molar-refractivity contribution in [2.75, 3.05) is 0 Å². The van der Waals surface area contributed by atoms with Crippen molar-refractivity contribution in [3.63, 3.8) is 0 Å². The van der Waals surface area contributed by atoms with Gasteiger partial charge in [0, 0.05) is 12.1 Å². The average Bonchev–Trinajstić information content (AvgIpc) is 2.85. The molecule has 15 heavy (non-hydrogen) atoms. The van der Waals surface area contributed by atoms with Crippen LogP contribution in [0.5, 0.6) is 0 Å². The van der Waals surface area contributed by atoms with Crippen LogP contribution in [0.25, 0.3) is 0 Å². The second kappa shape index (κ2) is 3.89. The third-order valence-corrected chi connectivity index (χ3v) is 3.92. The number of rotatable bonds is 4. The molecule has 0 radical (unpaired) electrons. The van der Waals surface area contributed by atoms with E-state index in [0.29, 0.717) is 18.3 Å². The zero-order valence-electron chi connectivity index (χ0n) is 7.86. The molecule has 0 saturated heterocycles. The molecule has 7 heteroatoms. The first-order valence-electron chi connectivity index (χ1n) is 4.51. The largest absolute Gasteiger partial charge is 0.452 e. The monoisotopic (exact) mass is 294 g/mol. The van der Waals surface area contributed by atoms with Gasteiger partial charge in [0.05, 0.1) is 6.54 Å². The smallest absolute Gasteiger partial charge is 0.242 e. The summed E-state index contributed by atoms with van der Waals surface area (Å²) in [6.07, 6.45) is 2.34. The minimum absolute atomic E-state index is 0.00454. The Bertz CT molecular complexity index is 464. The minimum Gasteiger partial charge on any atom is -0.452 e. The molecule has 1 aliphatic carbocycles. The van der Waals surface area contributed by atoms with Crippen LogP contribution in [-0.2, 0) is 16.6 Å². The molecule has 1 heterocycles. The van der Waals surface area contributed by atoms with Crippen molar-refractivity contribution in [3.8, 4) is 0 Å². The molecular weight excluding hydrogens is 284 g/mol. The molecule has 0 aliphatic heterocycles. The fraction of sp³-hybridized carbons (Fsp3) is 0.500. The number of nitrogens with one attached hydrogen (secondary N) is 1. The molecule has 1 aliphatic rings. The van der Waals surface area contributed by atoms with E-state index in [1.807, 2.05) is 0 Å². The third-order valence-electron chi connectivity index (χ3n) is 2.16. The highest BCUT2D eigenvalue weighted by Gasteiger charge is 2.22. The van der Waals surface area contributed by atoms with E-state index in [9.17, 15) is 8.42 Å². The van der Waals surface area contributed by atoms with E-state index in [1.165, 1.54) is 18.9 Å². The molecule has 84 valence electrons. The number of sulfonamides is 1. The second-order valence-electron chi connectivity index (χ2n) is 3.55. The molecule has 0 bridgehead atoms. The van der Waals surface area contributed by atoms with Gasteiger partial charge in [-0.3, -0.25) is 0 Å². The van der Waals surface area contributed by atoms with Gasteiger partial charge in [0.25, 0.3) is 0 Å². The van der Waals surface area contributed by atoms with E-state index in [-0.39, 0.29) is 9.56 Å². The highest BCUT2D eigenvalue weighted by Crippen LogP contribution is 2.26. The summed E-state index contributed by atoms with van der Waals surface area (Å²) in [7, 11) is -3.70. The molecule has 2 rings (SSSR count). The SMILES string of the molecule is NS(=O)(=O)c1cc(CNC2CC2)oc1Br. The molecule has 5 nitrogen and oxygen atoms in total. The van der Waals surface area contributed by atoms with Crippen LogP contribution in [-0.4, -0.2) is 14.5 Å². The number of halogens is 1. The van der Waals surface area contributed by atoms with Crippen molar-refractivity contribution in [1.82, 2.24) is 5.32 Å². The lowest BCUT2D eigenvalue weighted by atomic mass is 10.4. The Morgan fingerprint density at radius 3 is 2.73 bits per heavy atom. The lowest BCUT2D eigenvalue weighted by Crippen LogP contribution is -2.15. The highest BCUT2D eigenvalue weighted by molar-refractivity contribution is 9.10. The van der Waals surface area contributed by atoms with Crippen molar-refractivity contribution < 1.29 is 12.8 Å². The predicted molar refractivity (Wildman–Crippen MR) is 57.6 cm³/mol. The number of nitrogens with two attached hydrogens (primary N) is 1. The number of hydrogen-bond donors (Lipinski definition) is 2. The second-order valence-corrected chi connectivity index (χ2v) is 5.80. The normalized spacial score (nSPS) is 16.9. The maximum Gasteiger partial charge on any atom is 0.242 e. The van der Waals surface area contributed by atoms with Crippen molar-refractivity contribution in [1.29, 1.82) is 0 Å². The van der Waals surface area contributed by atoms with Crippen LogP contribution < -0.4 is 10.5 Å². The fourth-order valence-corrected chi connectivity index (χ4v) is 2.77. The van der Waals surface area contributed by atoms with E-state index in [4.69, 9.17) is 9.56 Å². The number of hydrogen-bond acceptors (Lipinski definition) is 4. The zero-order chi connectivity index (χ0) is 11.1. The van der Waals surface area contributed by atoms with Crippen molar-refractivity contribution in [2.24, 2.45) is 5.14 Å². The molecule has 3 N–H and O–H groups in total. The summed E-state index contributed by atoms with van der Waals surface area (Å²) in [4.78, 5) is -0.00454.